The van der Waals surface area contributed by atoms with Crippen molar-refractivity contribution in [2.75, 3.05) is 33.9 Å². The molecule has 44 heavy (non-hydrogen) atoms. The average Bonchev–Trinajstić information content (AvgIpc) is 3.61. The van der Waals surface area contributed by atoms with Crippen LogP contribution in [0.5, 0.6) is 11.5 Å². The molecule has 0 N–H and O–H groups in total. The highest BCUT2D eigenvalue weighted by Gasteiger charge is 2.52. The molecule has 3 unspecified atom stereocenters. The second-order valence-electron chi connectivity index (χ2n) is 12.7. The Bertz CT molecular complexity index is 1550. The average molecular weight is 645 g/mol. The van der Waals surface area contributed by atoms with E-state index < -0.39 is 17.2 Å². The normalized spacial score (nSPS) is 21.9. The smallest absolute Gasteiger partial charge is 0.410 e. The van der Waals surface area contributed by atoms with E-state index >= 15 is 4.79 Å². The van der Waals surface area contributed by atoms with Crippen LogP contribution in [-0.2, 0) is 21.5 Å². The van der Waals surface area contributed by atoms with Crippen molar-refractivity contribution in [1.82, 2.24) is 24.8 Å². The van der Waals surface area contributed by atoms with Gasteiger partial charge in [-0.1, -0.05) is 41.4 Å². The minimum Gasteiger partial charge on any atom is -0.493 e. The number of carbonyl (C=O) groups is 2. The lowest BCUT2D eigenvalue weighted by Crippen LogP contribution is -2.54. The molecule has 2 amide bonds. The summed E-state index contributed by atoms with van der Waals surface area (Å²) >= 11 is 13.0. The van der Waals surface area contributed by atoms with Crippen LogP contribution in [0.2, 0.25) is 10.0 Å². The zero-order valence-corrected chi connectivity index (χ0v) is 27.7. The Morgan fingerprint density at radius 1 is 1.05 bits per heavy atom. The van der Waals surface area contributed by atoms with Crippen LogP contribution in [0.1, 0.15) is 58.2 Å². The molecule has 3 aromatic rings. The lowest BCUT2D eigenvalue weighted by molar-refractivity contribution is -0.143. The summed E-state index contributed by atoms with van der Waals surface area (Å²) in [6.07, 6.45) is 2.29. The number of methoxy groups -OCH3 is 2. The van der Waals surface area contributed by atoms with Crippen molar-refractivity contribution < 1.29 is 23.8 Å². The van der Waals surface area contributed by atoms with Crippen molar-refractivity contribution in [2.24, 2.45) is 5.92 Å². The number of likely N-dealkylation sites (tertiary alicyclic amines) is 1. The molecule has 0 aliphatic carbocycles. The van der Waals surface area contributed by atoms with E-state index in [9.17, 15) is 4.79 Å². The van der Waals surface area contributed by atoms with E-state index in [4.69, 9.17) is 37.4 Å². The summed E-state index contributed by atoms with van der Waals surface area (Å²) in [4.78, 5) is 31.7. The van der Waals surface area contributed by atoms with E-state index in [1.807, 2.05) is 44.7 Å². The van der Waals surface area contributed by atoms with Gasteiger partial charge >= 0.3 is 6.09 Å². The molecule has 3 heterocycles. The minimum absolute atomic E-state index is 0.0657. The molecule has 0 bridgehead atoms. The first-order chi connectivity index (χ1) is 20.8. The highest BCUT2D eigenvalue weighted by molar-refractivity contribution is 6.39. The molecule has 5 rings (SSSR count). The van der Waals surface area contributed by atoms with Gasteiger partial charge in [-0.3, -0.25) is 4.79 Å². The molecule has 0 saturated carbocycles. The van der Waals surface area contributed by atoms with Crippen LogP contribution in [0.25, 0.3) is 11.3 Å². The number of ether oxygens (including phenoxy) is 3. The van der Waals surface area contributed by atoms with Crippen LogP contribution in [0.3, 0.4) is 0 Å². The maximum absolute atomic E-state index is 15.0. The summed E-state index contributed by atoms with van der Waals surface area (Å²) in [6, 6.07) is 8.87. The molecule has 236 valence electrons. The van der Waals surface area contributed by atoms with Crippen molar-refractivity contribution in [2.45, 2.75) is 64.6 Å². The van der Waals surface area contributed by atoms with E-state index in [0.29, 0.717) is 52.3 Å². The first-order valence-electron chi connectivity index (χ1n) is 14.7. The molecule has 3 atom stereocenters. The van der Waals surface area contributed by atoms with E-state index in [0.717, 1.165) is 17.5 Å². The predicted octanol–water partition coefficient (Wildman–Crippen LogP) is 6.39. The fourth-order valence-corrected chi connectivity index (χ4v) is 6.79. The minimum atomic E-state index is -1.25. The molecule has 2 aliphatic heterocycles. The van der Waals surface area contributed by atoms with Gasteiger partial charge in [-0.25, -0.2) is 9.48 Å². The highest BCUT2D eigenvalue weighted by Crippen LogP contribution is 2.42. The summed E-state index contributed by atoms with van der Waals surface area (Å²) < 4.78 is 18.5. The largest absolute Gasteiger partial charge is 0.493 e. The molecule has 1 fully saturated rings. The number of hydrogen-bond donors (Lipinski definition) is 0. The van der Waals surface area contributed by atoms with Crippen LogP contribution < -0.4 is 9.47 Å². The van der Waals surface area contributed by atoms with E-state index in [1.54, 1.807) is 48.2 Å². The maximum Gasteiger partial charge on any atom is 0.410 e. The van der Waals surface area contributed by atoms with Crippen molar-refractivity contribution >= 4 is 35.2 Å². The van der Waals surface area contributed by atoms with Crippen molar-refractivity contribution in [1.29, 1.82) is 0 Å². The quantitative estimate of drug-likeness (QED) is 0.318. The van der Waals surface area contributed by atoms with Crippen molar-refractivity contribution in [3.8, 4) is 22.8 Å². The molecule has 10 nitrogen and oxygen atoms in total. The Morgan fingerprint density at radius 2 is 1.70 bits per heavy atom. The van der Waals surface area contributed by atoms with Gasteiger partial charge in [-0.2, -0.15) is 0 Å². The van der Waals surface area contributed by atoms with E-state index in [1.165, 1.54) is 0 Å². The van der Waals surface area contributed by atoms with Gasteiger partial charge in [0.1, 0.15) is 11.3 Å². The van der Waals surface area contributed by atoms with Crippen LogP contribution in [0.4, 0.5) is 4.79 Å². The second-order valence-corrected chi connectivity index (χ2v) is 13.5. The summed E-state index contributed by atoms with van der Waals surface area (Å²) in [5.41, 5.74) is 1.11. The van der Waals surface area contributed by atoms with Gasteiger partial charge in [0.05, 0.1) is 43.0 Å². The molecule has 2 aliphatic rings. The number of halogens is 2. The van der Waals surface area contributed by atoms with Crippen LogP contribution in [0.15, 0.2) is 36.5 Å². The lowest BCUT2D eigenvalue weighted by Gasteiger charge is -2.38. The Kier molecular flexibility index (Phi) is 8.79. The van der Waals surface area contributed by atoms with Gasteiger partial charge in [0, 0.05) is 25.1 Å². The van der Waals surface area contributed by atoms with Crippen LogP contribution >= 0.6 is 23.2 Å². The lowest BCUT2D eigenvalue weighted by atomic mass is 9.93. The second kappa shape index (κ2) is 12.1. The number of hydrogen-bond acceptors (Lipinski definition) is 7. The fraction of sp³-hybridized carbons (Fsp3) is 0.500. The van der Waals surface area contributed by atoms with Gasteiger partial charge in [-0.15, -0.1) is 5.10 Å². The Hall–Kier alpha value is -3.50. The maximum atomic E-state index is 15.0. The highest BCUT2D eigenvalue weighted by atomic mass is 35.5. The molecular weight excluding hydrogens is 605 g/mol. The molecule has 12 heteroatoms. The number of benzene rings is 2. The van der Waals surface area contributed by atoms with E-state index in [2.05, 4.69) is 17.2 Å². The zero-order chi connectivity index (χ0) is 32.0. The molecule has 0 spiro atoms. The molecule has 1 saturated heterocycles. The van der Waals surface area contributed by atoms with Gasteiger partial charge in [0.25, 0.3) is 5.91 Å². The SMILES string of the molecule is COc1cc2c(cc1OC)C(C)N(C(=O)C1(n3cc(-c4c(Cl)cccc4Cl)nn3)CCN(C(=O)OC(C)(C)C)C1)CC(C)C2. The summed E-state index contributed by atoms with van der Waals surface area (Å²) in [5.74, 6) is 1.24. The third-order valence-corrected chi connectivity index (χ3v) is 8.98. The van der Waals surface area contributed by atoms with Crippen molar-refractivity contribution in [3.05, 3.63) is 57.7 Å². The third-order valence-electron chi connectivity index (χ3n) is 8.35. The van der Waals surface area contributed by atoms with Gasteiger partial charge in [0.15, 0.2) is 17.0 Å². The van der Waals surface area contributed by atoms with Crippen molar-refractivity contribution in [3.63, 3.8) is 0 Å². The topological polar surface area (TPSA) is 99.0 Å². The fourth-order valence-electron chi connectivity index (χ4n) is 6.20. The number of carbonyl (C=O) groups excluding carboxylic acids is 2. The number of fused-ring (bicyclic) bond motifs is 1. The van der Waals surface area contributed by atoms with E-state index in [-0.39, 0.29) is 24.4 Å². The zero-order valence-electron chi connectivity index (χ0n) is 26.2. The monoisotopic (exact) mass is 643 g/mol. The Labute approximate surface area is 268 Å². The first-order valence-corrected chi connectivity index (χ1v) is 15.4. The molecule has 2 aromatic carbocycles. The Balaban J connectivity index is 1.59. The van der Waals surface area contributed by atoms with Gasteiger partial charge < -0.3 is 24.0 Å². The van der Waals surface area contributed by atoms with Gasteiger partial charge in [0.2, 0.25) is 0 Å². The summed E-state index contributed by atoms with van der Waals surface area (Å²) in [6.45, 7) is 10.5. The molecular formula is C32H39Cl2N5O5. The third kappa shape index (κ3) is 5.94. The predicted molar refractivity (Wildman–Crippen MR) is 168 cm³/mol. The summed E-state index contributed by atoms with van der Waals surface area (Å²) in [5, 5.41) is 9.69. The first kappa shape index (κ1) is 31.9. The van der Waals surface area contributed by atoms with Crippen LogP contribution in [0, 0.1) is 5.92 Å². The number of amides is 2. The number of nitrogens with zero attached hydrogens (tertiary/aromatic N) is 5. The Morgan fingerprint density at radius 3 is 2.34 bits per heavy atom. The van der Waals surface area contributed by atoms with Crippen LogP contribution in [-0.4, -0.2) is 76.2 Å². The van der Waals surface area contributed by atoms with Gasteiger partial charge in [-0.05, 0) is 75.4 Å². The molecule has 1 aromatic heterocycles. The number of aromatic nitrogens is 3. The summed E-state index contributed by atoms with van der Waals surface area (Å²) in [7, 11) is 3.22. The molecule has 0 radical (unpaired) electrons. The number of rotatable bonds is 5. The standard InChI is InChI=1S/C32H39Cl2N5O5/c1-19-13-21-14-26(42-6)27(43-7)15-22(21)20(2)38(16-19)29(40)32(11-12-37(18-32)30(41)44-31(3,4)5)39-17-25(35-36-39)28-23(33)9-8-10-24(28)34/h8-10,14-15,17,19-20H,11-13,16,18H2,1-7H3.